The molecule has 5 rings (SSSR count). The molecule has 1 atom stereocenters. The molecule has 1 saturated heterocycles. The van der Waals surface area contributed by atoms with E-state index in [1.54, 1.807) is 28.8 Å². The summed E-state index contributed by atoms with van der Waals surface area (Å²) in [7, 11) is 1.36. The quantitative estimate of drug-likeness (QED) is 0.151. The first kappa shape index (κ1) is 32.5. The number of piperidine rings is 1. The predicted octanol–water partition coefficient (Wildman–Crippen LogP) is 7.32. The second kappa shape index (κ2) is 12.8. The van der Waals surface area contributed by atoms with Gasteiger partial charge >= 0.3 is 5.97 Å². The lowest BCUT2D eigenvalue weighted by molar-refractivity contribution is -0.164. The van der Waals surface area contributed by atoms with Gasteiger partial charge in [0.15, 0.2) is 11.8 Å². The molecular formula is C35H41ClN4O5. The molecule has 0 saturated carbocycles. The SMILES string of the molecule is C=CCOC1(C)CCN(c2c([C@H](OC(C)(C)C)C(=O)OC)c(C)nc3cc(-c4cccc(-c5c(O)cccc5Cl)c4)nn23)CC1. The molecule has 2 aromatic carbocycles. The van der Waals surface area contributed by atoms with Crippen LogP contribution in [0.4, 0.5) is 5.82 Å². The Hall–Kier alpha value is -3.92. The van der Waals surface area contributed by atoms with Gasteiger partial charge in [0.05, 0.1) is 41.2 Å². The number of phenolic OH excluding ortho intramolecular Hbond substituents is 1. The van der Waals surface area contributed by atoms with E-state index in [4.69, 9.17) is 35.9 Å². The number of aromatic hydroxyl groups is 1. The van der Waals surface area contributed by atoms with E-state index in [9.17, 15) is 9.90 Å². The fraction of sp³-hybridized carbons (Fsp3) is 0.400. The van der Waals surface area contributed by atoms with Crippen LogP contribution in [0.25, 0.3) is 28.0 Å². The summed E-state index contributed by atoms with van der Waals surface area (Å²) in [5.41, 5.74) is 3.76. The fourth-order valence-corrected chi connectivity index (χ4v) is 6.06. The number of hydrogen-bond acceptors (Lipinski definition) is 8. The highest BCUT2D eigenvalue weighted by Crippen LogP contribution is 2.40. The number of methoxy groups -OCH3 is 1. The molecule has 1 aliphatic rings. The van der Waals surface area contributed by atoms with E-state index in [2.05, 4.69) is 18.4 Å². The van der Waals surface area contributed by atoms with Crippen LogP contribution in [0.5, 0.6) is 5.75 Å². The van der Waals surface area contributed by atoms with E-state index in [0.29, 0.717) is 52.9 Å². The molecule has 1 N–H and O–H groups in total. The Morgan fingerprint density at radius 3 is 2.49 bits per heavy atom. The smallest absolute Gasteiger partial charge is 0.339 e. The maximum absolute atomic E-state index is 13.3. The molecule has 1 aliphatic heterocycles. The van der Waals surface area contributed by atoms with Crippen molar-refractivity contribution in [2.75, 3.05) is 31.7 Å². The van der Waals surface area contributed by atoms with Gasteiger partial charge in [0.1, 0.15) is 11.6 Å². The minimum atomic E-state index is -1.02. The monoisotopic (exact) mass is 632 g/mol. The third kappa shape index (κ3) is 6.85. The predicted molar refractivity (Wildman–Crippen MR) is 177 cm³/mol. The van der Waals surface area contributed by atoms with Crippen LogP contribution >= 0.6 is 11.6 Å². The number of nitrogens with zero attached hydrogens (tertiary/aromatic N) is 4. The third-order valence-electron chi connectivity index (χ3n) is 8.06. The summed E-state index contributed by atoms with van der Waals surface area (Å²) in [6.07, 6.45) is 2.28. The molecule has 0 unspecified atom stereocenters. The van der Waals surface area contributed by atoms with Crippen molar-refractivity contribution in [3.8, 4) is 28.1 Å². The van der Waals surface area contributed by atoms with Crippen molar-refractivity contribution in [1.29, 1.82) is 0 Å². The van der Waals surface area contributed by atoms with Gasteiger partial charge in [-0.15, -0.1) is 6.58 Å². The molecule has 10 heteroatoms. The highest BCUT2D eigenvalue weighted by atomic mass is 35.5. The molecule has 0 spiro atoms. The lowest BCUT2D eigenvalue weighted by atomic mass is 9.92. The van der Waals surface area contributed by atoms with Gasteiger partial charge in [0.2, 0.25) is 0 Å². The third-order valence-corrected chi connectivity index (χ3v) is 8.38. The van der Waals surface area contributed by atoms with Gasteiger partial charge in [-0.3, -0.25) is 0 Å². The van der Waals surface area contributed by atoms with Gasteiger partial charge in [-0.25, -0.2) is 9.78 Å². The van der Waals surface area contributed by atoms with Crippen LogP contribution in [-0.2, 0) is 19.0 Å². The number of ether oxygens (including phenoxy) is 3. The van der Waals surface area contributed by atoms with Gasteiger partial charge in [0, 0.05) is 36.0 Å². The van der Waals surface area contributed by atoms with Gasteiger partial charge in [-0.05, 0) is 71.2 Å². The van der Waals surface area contributed by atoms with Crippen molar-refractivity contribution in [3.05, 3.63) is 77.5 Å². The van der Waals surface area contributed by atoms with E-state index in [1.165, 1.54) is 7.11 Å². The first-order valence-electron chi connectivity index (χ1n) is 15.1. The number of phenols is 1. The lowest BCUT2D eigenvalue weighted by Crippen LogP contribution is -2.45. The number of benzene rings is 2. The summed E-state index contributed by atoms with van der Waals surface area (Å²) in [5, 5.41) is 16.1. The summed E-state index contributed by atoms with van der Waals surface area (Å²) < 4.78 is 19.5. The molecule has 9 nitrogen and oxygen atoms in total. The van der Waals surface area contributed by atoms with E-state index < -0.39 is 17.7 Å². The number of halogens is 1. The maximum Gasteiger partial charge on any atom is 0.339 e. The topological polar surface area (TPSA) is 98.4 Å². The van der Waals surface area contributed by atoms with Crippen LogP contribution in [0.2, 0.25) is 5.02 Å². The Balaban J connectivity index is 1.67. The molecule has 0 radical (unpaired) electrons. The van der Waals surface area contributed by atoms with Crippen molar-refractivity contribution < 1.29 is 24.1 Å². The number of carbonyl (C=O) groups excluding carboxylic acids is 1. The Labute approximate surface area is 269 Å². The number of rotatable bonds is 9. The zero-order chi connectivity index (χ0) is 32.5. The number of hydrogen-bond donors (Lipinski definition) is 1. The van der Waals surface area contributed by atoms with Crippen molar-refractivity contribution >= 4 is 29.0 Å². The summed E-state index contributed by atoms with van der Waals surface area (Å²) >= 11 is 6.47. The average Bonchev–Trinajstić information content (AvgIpc) is 3.42. The molecule has 238 valence electrons. The number of carbonyl (C=O) groups is 1. The standard InChI is InChI=1S/C35H41ClN4O5/c1-8-19-44-35(6)15-17-39(18-16-35)32-29(31(33(42)43-7)45-34(3,4)5)22(2)37-28-21-26(38-40(28)32)23-11-9-12-24(20-23)30-25(36)13-10-14-27(30)41/h8-14,20-21,31,41H,1,15-19H2,2-7H3/t31-/m0/s1. The Kier molecular flexibility index (Phi) is 9.26. The van der Waals surface area contributed by atoms with Crippen LogP contribution in [0, 0.1) is 6.92 Å². The fourth-order valence-electron chi connectivity index (χ4n) is 5.78. The first-order chi connectivity index (χ1) is 21.3. The molecule has 45 heavy (non-hydrogen) atoms. The van der Waals surface area contributed by atoms with Crippen LogP contribution in [0.3, 0.4) is 0 Å². The highest BCUT2D eigenvalue weighted by Gasteiger charge is 2.38. The van der Waals surface area contributed by atoms with Gasteiger partial charge in [0.25, 0.3) is 0 Å². The second-order valence-electron chi connectivity index (χ2n) is 12.6. The highest BCUT2D eigenvalue weighted by molar-refractivity contribution is 6.33. The molecule has 3 heterocycles. The van der Waals surface area contributed by atoms with Crippen LogP contribution in [0.15, 0.2) is 61.2 Å². The van der Waals surface area contributed by atoms with E-state index >= 15 is 0 Å². The number of fused-ring (bicyclic) bond motifs is 1. The minimum absolute atomic E-state index is 0.0979. The molecule has 0 bridgehead atoms. The van der Waals surface area contributed by atoms with Crippen molar-refractivity contribution in [2.24, 2.45) is 0 Å². The summed E-state index contributed by atoms with van der Waals surface area (Å²) in [5.74, 6) is 0.320. The van der Waals surface area contributed by atoms with Crippen LogP contribution in [0.1, 0.15) is 57.9 Å². The average molecular weight is 633 g/mol. The van der Waals surface area contributed by atoms with Crippen LogP contribution in [-0.4, -0.2) is 63.7 Å². The summed E-state index contributed by atoms with van der Waals surface area (Å²) in [6, 6.07) is 14.7. The second-order valence-corrected chi connectivity index (χ2v) is 13.0. The summed E-state index contributed by atoms with van der Waals surface area (Å²) in [6.45, 7) is 15.3. The first-order valence-corrected chi connectivity index (χ1v) is 15.5. The number of esters is 1. The van der Waals surface area contributed by atoms with E-state index in [0.717, 1.165) is 29.8 Å². The summed E-state index contributed by atoms with van der Waals surface area (Å²) in [4.78, 5) is 20.4. The molecule has 4 aromatic rings. The molecule has 0 amide bonds. The van der Waals surface area contributed by atoms with Gasteiger partial charge in [-0.1, -0.05) is 41.9 Å². The van der Waals surface area contributed by atoms with Crippen molar-refractivity contribution in [2.45, 2.75) is 64.8 Å². The van der Waals surface area contributed by atoms with E-state index in [-0.39, 0.29) is 11.4 Å². The minimum Gasteiger partial charge on any atom is -0.507 e. The number of aromatic nitrogens is 3. The van der Waals surface area contributed by atoms with Crippen molar-refractivity contribution in [3.63, 3.8) is 0 Å². The Morgan fingerprint density at radius 2 is 1.84 bits per heavy atom. The zero-order valence-corrected chi connectivity index (χ0v) is 27.5. The maximum atomic E-state index is 13.3. The van der Waals surface area contributed by atoms with E-state index in [1.807, 2.05) is 58.0 Å². The van der Waals surface area contributed by atoms with Gasteiger partial charge in [-0.2, -0.15) is 9.61 Å². The zero-order valence-electron chi connectivity index (χ0n) is 26.8. The molecular weight excluding hydrogens is 592 g/mol. The lowest BCUT2D eigenvalue weighted by Gasteiger charge is -2.41. The Morgan fingerprint density at radius 1 is 1.16 bits per heavy atom. The largest absolute Gasteiger partial charge is 0.507 e. The normalized spacial score (nSPS) is 15.7. The molecule has 1 fully saturated rings. The van der Waals surface area contributed by atoms with Crippen LogP contribution < -0.4 is 4.90 Å². The van der Waals surface area contributed by atoms with Crippen molar-refractivity contribution in [1.82, 2.24) is 14.6 Å². The number of aryl methyl sites for hydroxylation is 1. The Bertz CT molecular complexity index is 1700. The van der Waals surface area contributed by atoms with Gasteiger partial charge < -0.3 is 24.2 Å². The number of anilines is 1. The molecule has 0 aliphatic carbocycles. The molecule has 2 aromatic heterocycles.